The number of likely N-dealkylation sites (tertiary alicyclic amines) is 2. The lowest BCUT2D eigenvalue weighted by atomic mass is 9.97. The van der Waals surface area contributed by atoms with E-state index >= 15 is 0 Å². The van der Waals surface area contributed by atoms with Crippen LogP contribution in [0.15, 0.2) is 226 Å². The van der Waals surface area contributed by atoms with E-state index in [9.17, 15) is 42.7 Å². The molecule has 2 fully saturated rings. The second kappa shape index (κ2) is 40.9. The van der Waals surface area contributed by atoms with Crippen molar-refractivity contribution in [3.05, 3.63) is 322 Å². The standard InChI is InChI=1S/C26H23N9O3.C26H22N8O3.C26H23N7O3.C24H18FN7O2/c1-15-31-14-34(32-15)25-22-20(19(38-3)12-28-25)18(11-27-22)23(36)26(37)35-10-9-17-21(16-7-5-4-6-8-16)29-13-30-24(17)33(35)2;1-15-31-14-34(32-15)25-23-21(20(37-2)11-28-25)18(10-27-23)24(35)26(36)33-9-8-17-19(12-33)29-13-30-22(17)16-6-4-3-5-7-16;1-16-30-15-33(31-16)25-23-21(20(36-3)14-29-25)19(13-28-23)24(34)26(35)32-11-9-18(10-12-32)22(27-2)17-7-5-4-6-8-17;1-26-20(15-5-3-2-4-6-15)16-7-10-31(11-8-16)24(34)22(33)17-13-27-21-19(17)18(25)14-28-23(21)32-12-9-29-30-32/h4-8,11-14,27H,9-10H2,1-3H3;3-7,10-11,13-14,27H,8-9,12H2,1-2H3;4-8,13-15,28H,9-12H2,1,3H3;2-6,9,12-14,27H,7-8,10-11H2. The highest BCUT2D eigenvalue weighted by atomic mass is 19.1. The van der Waals surface area contributed by atoms with E-state index in [-0.39, 0.29) is 45.5 Å². The van der Waals surface area contributed by atoms with Gasteiger partial charge in [-0.2, -0.15) is 15.3 Å². The molecule has 4 amide bonds. The largest absolute Gasteiger partial charge is 0.494 e. The zero-order chi connectivity index (χ0) is 101. The van der Waals surface area contributed by atoms with E-state index in [1.165, 1.54) is 136 Å². The van der Waals surface area contributed by atoms with Crippen molar-refractivity contribution in [1.29, 1.82) is 0 Å². The van der Waals surface area contributed by atoms with Crippen molar-refractivity contribution in [3.63, 3.8) is 0 Å². The fourth-order valence-corrected chi connectivity index (χ4v) is 18.1. The van der Waals surface area contributed by atoms with Gasteiger partial charge in [-0.3, -0.25) is 43.4 Å². The van der Waals surface area contributed by atoms with Gasteiger partial charge in [0.2, 0.25) is 0 Å². The van der Waals surface area contributed by atoms with E-state index in [0.717, 1.165) is 67.8 Å². The zero-order valence-corrected chi connectivity index (χ0v) is 78.8. The predicted molar refractivity (Wildman–Crippen MR) is 525 cm³/mol. The summed E-state index contributed by atoms with van der Waals surface area (Å²) >= 11 is 0. The van der Waals surface area contributed by atoms with Crippen LogP contribution in [0.25, 0.3) is 110 Å². The number of hydrazine groups is 1. The number of aromatic amines is 4. The summed E-state index contributed by atoms with van der Waals surface area (Å²) < 4.78 is 36.9. The topological polar surface area (TPSA) is 478 Å². The van der Waals surface area contributed by atoms with Crippen molar-refractivity contribution in [3.8, 4) is 63.0 Å². The Hall–Kier alpha value is -19.5. The van der Waals surface area contributed by atoms with Crippen LogP contribution in [0, 0.1) is 39.7 Å². The van der Waals surface area contributed by atoms with Gasteiger partial charge < -0.3 is 48.8 Å². The van der Waals surface area contributed by atoms with Gasteiger partial charge in [0.1, 0.15) is 66.4 Å². The molecule has 43 heteroatoms. The third kappa shape index (κ3) is 18.4. The number of aryl methyl sites for hydroxylation is 3. The third-order valence-electron chi connectivity index (χ3n) is 25.2. The second-order valence-corrected chi connectivity index (χ2v) is 33.6. The minimum atomic E-state index is -0.804. The summed E-state index contributed by atoms with van der Waals surface area (Å²) in [4.78, 5) is 178. The van der Waals surface area contributed by atoms with Crippen LogP contribution in [0.2, 0.25) is 0 Å². The van der Waals surface area contributed by atoms with Crippen molar-refractivity contribution in [2.45, 2.75) is 65.8 Å². The Kier molecular flexibility index (Phi) is 26.6. The average Bonchev–Trinajstić information content (AvgIpc) is 1.57. The number of nitrogens with zero attached hydrogens (tertiary/aromatic N) is 27. The van der Waals surface area contributed by atoms with Crippen molar-refractivity contribution in [1.82, 2.24) is 139 Å². The van der Waals surface area contributed by atoms with E-state index in [4.69, 9.17) is 27.4 Å². The molecule has 4 aliphatic heterocycles. The summed E-state index contributed by atoms with van der Waals surface area (Å²) in [6, 6.07) is 38.6. The first-order chi connectivity index (χ1) is 70.6. The number of carbonyl (C=O) groups excluding carboxylic acids is 8. The van der Waals surface area contributed by atoms with Crippen LogP contribution in [0.1, 0.15) is 113 Å². The molecule has 22 rings (SSSR count). The second-order valence-electron chi connectivity index (χ2n) is 33.6. The molecule has 722 valence electrons. The maximum absolute atomic E-state index is 14.7. The van der Waals surface area contributed by atoms with Crippen LogP contribution < -0.4 is 19.2 Å². The van der Waals surface area contributed by atoms with Gasteiger partial charge >= 0.3 is 5.91 Å². The van der Waals surface area contributed by atoms with Gasteiger partial charge in [0.15, 0.2) is 46.3 Å². The molecule has 18 aromatic rings. The fourth-order valence-electron chi connectivity index (χ4n) is 18.1. The lowest BCUT2D eigenvalue weighted by Gasteiger charge is -2.37. The molecule has 18 heterocycles. The fraction of sp³-hybridized carbons (Fsp3) is 0.196. The quantitative estimate of drug-likeness (QED) is 0.0332. The summed E-state index contributed by atoms with van der Waals surface area (Å²) in [6.45, 7) is 22.8. The molecule has 14 aromatic heterocycles. The van der Waals surface area contributed by atoms with Crippen molar-refractivity contribution in [2.24, 2.45) is 0 Å². The van der Waals surface area contributed by atoms with Crippen molar-refractivity contribution in [2.75, 3.05) is 72.7 Å². The smallest absolute Gasteiger partial charge is 0.313 e. The molecule has 42 nitrogen and oxygen atoms in total. The number of Topliss-reactive ketones (excluding diaryl/α,β-unsaturated/α-hetero) is 4. The number of rotatable bonds is 19. The number of ether oxygens (including phenoxy) is 3. The number of carbonyl (C=O) groups is 8. The Balaban J connectivity index is 0.000000122. The number of hydrogen-bond acceptors (Lipinski definition) is 28. The van der Waals surface area contributed by atoms with Crippen LogP contribution in [-0.2, 0) is 38.6 Å². The first-order valence-electron chi connectivity index (χ1n) is 45.6. The molecule has 0 unspecified atom stereocenters. The summed E-state index contributed by atoms with van der Waals surface area (Å²) in [5.41, 5.74) is 13.5. The highest BCUT2D eigenvalue weighted by Gasteiger charge is 2.39. The number of amides is 4. The summed E-state index contributed by atoms with van der Waals surface area (Å²) in [6.07, 6.45) is 25.0. The molecule has 0 aliphatic carbocycles. The molecule has 0 radical (unpaired) electrons. The van der Waals surface area contributed by atoms with E-state index in [1.54, 1.807) is 43.9 Å². The predicted octanol–water partition coefficient (Wildman–Crippen LogP) is 12.2. The van der Waals surface area contributed by atoms with Crippen LogP contribution >= 0.6 is 0 Å². The van der Waals surface area contributed by atoms with Crippen molar-refractivity contribution < 1.29 is 57.0 Å². The molecule has 4 aromatic carbocycles. The Bertz CT molecular complexity index is 8260. The number of H-pyrrole nitrogens is 4. The molecule has 0 atom stereocenters. The molecule has 4 N–H and O–H groups in total. The summed E-state index contributed by atoms with van der Waals surface area (Å²) in [5, 5.41) is 24.9. The normalized spacial score (nSPS) is 13.3. The van der Waals surface area contributed by atoms with Gasteiger partial charge in [0.05, 0.1) is 161 Å². The number of pyridine rings is 4. The zero-order valence-electron chi connectivity index (χ0n) is 78.8. The first-order valence-corrected chi connectivity index (χ1v) is 45.6. The summed E-state index contributed by atoms with van der Waals surface area (Å²) in [5.74, 6) is -1.08. The van der Waals surface area contributed by atoms with Crippen LogP contribution in [0.4, 0.5) is 10.2 Å². The number of anilines is 1. The number of nitrogens with one attached hydrogen (secondary N) is 4. The Labute approximate surface area is 823 Å². The third-order valence-corrected chi connectivity index (χ3v) is 25.2. The highest BCUT2D eigenvalue weighted by molar-refractivity contribution is 6.47. The van der Waals surface area contributed by atoms with E-state index in [2.05, 4.69) is 110 Å². The maximum Gasteiger partial charge on any atom is 0.313 e. The van der Waals surface area contributed by atoms with E-state index in [1.807, 2.05) is 121 Å². The van der Waals surface area contributed by atoms with Gasteiger partial charge in [-0.05, 0) is 70.4 Å². The number of aromatic nitrogens is 24. The summed E-state index contributed by atoms with van der Waals surface area (Å²) in [7, 11) is 6.18. The SMILES string of the molecule is COc1cnc(-n2cnc(C)n2)c2[nH]cc(C(=O)C(=O)N3CCc4c(-c5ccccc5)ncnc4N3C)c12.COc1cnc(-n2cnc(C)n2)c2[nH]cc(C(=O)C(=O)N3CCc4c(ncnc4-c4ccccc4)C3)c12.[C-]#[N+]C(=C1CCN(C(=O)C(=O)c2c[nH]c3c(-n4ccnn4)ncc(F)c23)CC1)c1ccccc1.[C-]#[N+]C(=C1CCN(C(=O)C(=O)c2c[nH]c3c(-n4cnc(C)n4)ncc(OC)c23)CC1)c1ccccc1. The average molecular weight is 1940 g/mol. The molecule has 4 aliphatic rings. The van der Waals surface area contributed by atoms with Gasteiger partial charge in [-0.15, -0.1) is 5.10 Å². The number of methoxy groups -OCH3 is 3. The van der Waals surface area contributed by atoms with Gasteiger partial charge in [-0.1, -0.05) is 138 Å². The Morgan fingerprint density at radius 1 is 0.393 bits per heavy atom. The Morgan fingerprint density at radius 3 is 1.16 bits per heavy atom. The lowest BCUT2D eigenvalue weighted by molar-refractivity contribution is -0.127. The number of ketones is 4. The van der Waals surface area contributed by atoms with E-state index < -0.39 is 52.6 Å². The first kappa shape index (κ1) is 94.5. The monoisotopic (exact) mass is 1940 g/mol. The van der Waals surface area contributed by atoms with Crippen molar-refractivity contribution >= 4 is 108 Å². The molecule has 0 saturated carbocycles. The number of hydrogen-bond donors (Lipinski definition) is 4. The molecule has 145 heavy (non-hydrogen) atoms. The lowest BCUT2D eigenvalue weighted by Crippen LogP contribution is -2.51. The van der Waals surface area contributed by atoms with Gasteiger partial charge in [-0.25, -0.2) is 92.6 Å². The van der Waals surface area contributed by atoms with Crippen LogP contribution in [0.3, 0.4) is 0 Å². The molecule has 0 spiro atoms. The van der Waals surface area contributed by atoms with Gasteiger partial charge in [0.25, 0.3) is 40.9 Å². The molecular formula is C102H86FN31O11. The molecule has 2 saturated heterocycles. The minimum absolute atomic E-state index is 0.0178. The minimum Gasteiger partial charge on any atom is -0.494 e. The Morgan fingerprint density at radius 2 is 0.759 bits per heavy atom. The number of fused-ring (bicyclic) bond motifs is 6. The van der Waals surface area contributed by atoms with Crippen LogP contribution in [0.5, 0.6) is 17.2 Å². The highest BCUT2D eigenvalue weighted by Crippen LogP contribution is 2.40. The maximum atomic E-state index is 14.7. The van der Waals surface area contributed by atoms with E-state index in [0.29, 0.717) is 180 Å². The molecule has 0 bridgehead atoms. The number of halogens is 1. The van der Waals surface area contributed by atoms with Crippen LogP contribution in [-0.4, -0.2) is 253 Å². The number of piperidine rings is 2. The molecular weight excluding hydrogens is 1850 g/mol. The number of benzene rings is 4. The van der Waals surface area contributed by atoms with Gasteiger partial charge in [0, 0.05) is 93.4 Å².